The molecule has 15 nitrogen and oxygen atoms in total. The van der Waals surface area contributed by atoms with E-state index in [0.717, 1.165) is 60.3 Å². The lowest BCUT2D eigenvalue weighted by Gasteiger charge is -2.35. The third-order valence-corrected chi connectivity index (χ3v) is 13.0. The normalized spacial score (nSPS) is 19.2. The second-order valence-electron chi connectivity index (χ2n) is 14.0. The number of nitrogens with one attached hydrogen (secondary N) is 2. The number of anilines is 4. The fourth-order valence-corrected chi connectivity index (χ4v) is 9.43. The standard InChI is InChI=1S/C24H33N7O3S.C11H16ClN3O2S/c1-15(2)17(14-32)25-22-21-16(8-13-35(21)33)26-23(28-22)30-9-11-31(12-10-30)24-27-20-18(29(24)3)6-5-7-19(20)34-4;1-6(2)8(5-16)13-10-9-7(3-4-18(9)17)14-11(12)15-10/h5-7,15,17,32H,8-14H2,1-4H3,(H,25,26,28);6,8,16H,3-5H2,1-2H3,(H,13,14,15)/t17-,35?;8-,18?/m00/s1. The first-order valence-corrected chi connectivity index (χ1v) is 20.9. The van der Waals surface area contributed by atoms with Crippen molar-refractivity contribution < 1.29 is 23.4 Å². The Morgan fingerprint density at radius 3 is 1.91 bits per heavy atom. The van der Waals surface area contributed by atoms with Gasteiger partial charge in [-0.05, 0) is 35.6 Å². The first kappa shape index (κ1) is 39.1. The lowest BCUT2D eigenvalue weighted by atomic mass is 10.1. The molecule has 0 saturated carbocycles. The van der Waals surface area contributed by atoms with Gasteiger partial charge in [0, 0.05) is 57.6 Å². The summed E-state index contributed by atoms with van der Waals surface area (Å²) in [6.07, 6.45) is 1.34. The van der Waals surface area contributed by atoms with Crippen molar-refractivity contribution in [2.24, 2.45) is 18.9 Å². The number of aliphatic hydroxyl groups is 2. The molecule has 2 unspecified atom stereocenters. The molecule has 4 N–H and O–H groups in total. The van der Waals surface area contributed by atoms with Crippen LogP contribution in [0.5, 0.6) is 5.75 Å². The molecule has 0 radical (unpaired) electrons. The zero-order chi connectivity index (χ0) is 38.0. The average molecular weight is 789 g/mol. The Bertz CT molecular complexity index is 1990. The maximum Gasteiger partial charge on any atom is 0.227 e. The number of piperazine rings is 1. The van der Waals surface area contributed by atoms with Gasteiger partial charge in [0.05, 0.1) is 70.9 Å². The Balaban J connectivity index is 0.000000225. The molecule has 7 rings (SSSR count). The molecular weight excluding hydrogens is 740 g/mol. The minimum absolute atomic E-state index is 0.0132. The van der Waals surface area contributed by atoms with E-state index in [2.05, 4.69) is 41.0 Å². The van der Waals surface area contributed by atoms with Crippen LogP contribution in [-0.2, 0) is 41.5 Å². The Labute approximate surface area is 319 Å². The number of imidazole rings is 1. The topological polar surface area (TPSA) is 184 Å². The Morgan fingerprint density at radius 1 is 0.811 bits per heavy atom. The fourth-order valence-electron chi connectivity index (χ4n) is 6.62. The summed E-state index contributed by atoms with van der Waals surface area (Å²) in [7, 11) is 1.51. The Morgan fingerprint density at radius 2 is 1.36 bits per heavy atom. The van der Waals surface area contributed by atoms with E-state index in [1.165, 1.54) is 0 Å². The summed E-state index contributed by atoms with van der Waals surface area (Å²) in [6, 6.07) is 5.66. The number of ether oxygens (including phenoxy) is 1. The molecule has 1 aromatic carbocycles. The summed E-state index contributed by atoms with van der Waals surface area (Å²) in [5.41, 5.74) is 3.50. The number of aliphatic hydroxyl groups excluding tert-OH is 2. The van der Waals surface area contributed by atoms with Crippen LogP contribution in [0.4, 0.5) is 23.5 Å². The van der Waals surface area contributed by atoms with Crippen LogP contribution in [0, 0.1) is 11.8 Å². The predicted octanol–water partition coefficient (Wildman–Crippen LogP) is 3.01. The maximum atomic E-state index is 12.7. The molecule has 6 heterocycles. The van der Waals surface area contributed by atoms with Gasteiger partial charge in [0.2, 0.25) is 17.2 Å². The molecular formula is C35H49ClN10O5S2. The number of hydrogen-bond acceptors (Lipinski definition) is 14. The van der Waals surface area contributed by atoms with Crippen LogP contribution in [-0.4, -0.2) is 118 Å². The van der Waals surface area contributed by atoms with E-state index in [4.69, 9.17) is 31.3 Å². The largest absolute Gasteiger partial charge is 0.494 e. The number of nitrogens with zero attached hydrogens (tertiary/aromatic N) is 8. The molecule has 0 bridgehead atoms. The van der Waals surface area contributed by atoms with Gasteiger partial charge in [-0.25, -0.2) is 15.0 Å². The van der Waals surface area contributed by atoms with Crippen LogP contribution in [0.2, 0.25) is 5.28 Å². The van der Waals surface area contributed by atoms with Crippen molar-refractivity contribution in [2.45, 2.75) is 62.4 Å². The van der Waals surface area contributed by atoms with Crippen LogP contribution in [0.25, 0.3) is 11.0 Å². The summed E-state index contributed by atoms with van der Waals surface area (Å²) < 4.78 is 32.2. The van der Waals surface area contributed by atoms with Crippen molar-refractivity contribution in [2.75, 3.05) is 78.4 Å². The van der Waals surface area contributed by atoms with E-state index in [9.17, 15) is 18.6 Å². The summed E-state index contributed by atoms with van der Waals surface area (Å²) in [5.74, 6) is 4.99. The van der Waals surface area contributed by atoms with Crippen molar-refractivity contribution >= 4 is 67.8 Å². The molecule has 3 aliphatic rings. The van der Waals surface area contributed by atoms with E-state index in [0.29, 0.717) is 51.7 Å². The van der Waals surface area contributed by atoms with E-state index in [1.807, 2.05) is 46.9 Å². The zero-order valence-corrected chi connectivity index (χ0v) is 33.4. The Kier molecular flexibility index (Phi) is 12.4. The molecule has 3 aliphatic heterocycles. The Hall–Kier alpha value is -3.64. The fraction of sp³-hybridized carbons (Fsp3) is 0.571. The molecule has 0 aliphatic carbocycles. The first-order chi connectivity index (χ1) is 25.4. The lowest BCUT2D eigenvalue weighted by molar-refractivity contribution is 0.248. The van der Waals surface area contributed by atoms with Crippen LogP contribution >= 0.6 is 11.6 Å². The van der Waals surface area contributed by atoms with E-state index >= 15 is 0 Å². The van der Waals surface area contributed by atoms with Gasteiger partial charge < -0.3 is 40.0 Å². The number of rotatable bonds is 11. The number of aryl methyl sites for hydroxylation is 3. The SMILES string of the molecule is CC(C)[C@H](CO)Nc1nc(Cl)nc2c1S(=O)CC2.COc1cccc2c1nc(N1CCN(c3nc4c(c(N[C@@H](CO)C(C)C)n3)S(=O)CC4)CC1)n2C. The lowest BCUT2D eigenvalue weighted by Crippen LogP contribution is -2.48. The highest BCUT2D eigenvalue weighted by atomic mass is 35.5. The number of hydrogen-bond donors (Lipinski definition) is 4. The monoisotopic (exact) mass is 788 g/mol. The van der Waals surface area contributed by atoms with Gasteiger partial charge >= 0.3 is 0 Å². The summed E-state index contributed by atoms with van der Waals surface area (Å²) >= 11 is 5.86. The molecule has 18 heteroatoms. The number of benzene rings is 1. The van der Waals surface area contributed by atoms with E-state index in [1.54, 1.807) is 7.11 Å². The molecule has 1 fully saturated rings. The van der Waals surface area contributed by atoms with Gasteiger partial charge in [0.1, 0.15) is 32.7 Å². The molecule has 4 aromatic rings. The summed E-state index contributed by atoms with van der Waals surface area (Å²) in [4.78, 5) is 28.5. The number of fused-ring (bicyclic) bond motifs is 3. The molecule has 288 valence electrons. The highest BCUT2D eigenvalue weighted by Crippen LogP contribution is 2.33. The highest BCUT2D eigenvalue weighted by Gasteiger charge is 2.31. The van der Waals surface area contributed by atoms with Gasteiger partial charge in [0.15, 0.2) is 0 Å². The van der Waals surface area contributed by atoms with Gasteiger partial charge in [-0.15, -0.1) is 0 Å². The number of methoxy groups -OCH3 is 1. The average Bonchev–Trinajstić information content (AvgIpc) is 3.83. The van der Waals surface area contributed by atoms with Gasteiger partial charge in [-0.3, -0.25) is 8.42 Å². The smallest absolute Gasteiger partial charge is 0.227 e. The molecule has 0 amide bonds. The second kappa shape index (κ2) is 16.8. The minimum atomic E-state index is -1.12. The quantitative estimate of drug-likeness (QED) is 0.163. The maximum absolute atomic E-state index is 12.7. The molecule has 4 atom stereocenters. The van der Waals surface area contributed by atoms with Crippen molar-refractivity contribution in [3.63, 3.8) is 0 Å². The molecule has 1 saturated heterocycles. The highest BCUT2D eigenvalue weighted by molar-refractivity contribution is 7.85. The second-order valence-corrected chi connectivity index (χ2v) is 17.3. The van der Waals surface area contributed by atoms with Crippen molar-refractivity contribution in [1.29, 1.82) is 0 Å². The third-order valence-electron chi connectivity index (χ3n) is 9.90. The minimum Gasteiger partial charge on any atom is -0.494 e. The predicted molar refractivity (Wildman–Crippen MR) is 209 cm³/mol. The first-order valence-electron chi connectivity index (χ1n) is 17.9. The zero-order valence-electron chi connectivity index (χ0n) is 31.0. The van der Waals surface area contributed by atoms with Gasteiger partial charge in [-0.2, -0.15) is 9.97 Å². The van der Waals surface area contributed by atoms with Crippen molar-refractivity contribution in [3.05, 3.63) is 34.9 Å². The van der Waals surface area contributed by atoms with E-state index in [-0.39, 0.29) is 42.4 Å². The van der Waals surface area contributed by atoms with Crippen LogP contribution < -0.4 is 25.2 Å². The number of halogens is 1. The van der Waals surface area contributed by atoms with Gasteiger partial charge in [0.25, 0.3) is 0 Å². The molecule has 0 spiro atoms. The van der Waals surface area contributed by atoms with Gasteiger partial charge in [-0.1, -0.05) is 33.8 Å². The third kappa shape index (κ3) is 8.23. The van der Waals surface area contributed by atoms with Crippen LogP contribution in [0.1, 0.15) is 39.1 Å². The van der Waals surface area contributed by atoms with Crippen molar-refractivity contribution in [3.8, 4) is 5.75 Å². The number of aromatic nitrogens is 6. The molecule has 3 aromatic heterocycles. The number of para-hydroxylation sites is 1. The van der Waals surface area contributed by atoms with Crippen molar-refractivity contribution in [1.82, 2.24) is 29.5 Å². The van der Waals surface area contributed by atoms with Crippen LogP contribution in [0.15, 0.2) is 28.0 Å². The van der Waals surface area contributed by atoms with Crippen LogP contribution in [0.3, 0.4) is 0 Å². The molecule has 53 heavy (non-hydrogen) atoms. The summed E-state index contributed by atoms with van der Waals surface area (Å²) in [6.45, 7) is 11.1. The van der Waals surface area contributed by atoms with E-state index < -0.39 is 21.6 Å². The summed E-state index contributed by atoms with van der Waals surface area (Å²) in [5, 5.41) is 25.8.